The van der Waals surface area contributed by atoms with E-state index in [2.05, 4.69) is 36.9 Å². The zero-order valence-electron chi connectivity index (χ0n) is 20.3. The molecule has 2 radical (unpaired) electrons. The normalized spacial score (nSPS) is 19.7. The molecule has 11 heteroatoms. The summed E-state index contributed by atoms with van der Waals surface area (Å²) in [5.41, 5.74) is 4.87. The van der Waals surface area contributed by atoms with Crippen molar-refractivity contribution in [2.24, 2.45) is 5.92 Å². The predicted octanol–water partition coefficient (Wildman–Crippen LogP) is 1.54. The van der Waals surface area contributed by atoms with Gasteiger partial charge in [-0.2, -0.15) is 5.10 Å². The van der Waals surface area contributed by atoms with Crippen LogP contribution in [0.15, 0.2) is 36.0 Å². The first kappa shape index (κ1) is 25.5. The first-order chi connectivity index (χ1) is 16.7. The van der Waals surface area contributed by atoms with Crippen molar-refractivity contribution in [2.75, 3.05) is 6.54 Å². The third-order valence-electron chi connectivity index (χ3n) is 6.34. The predicted molar refractivity (Wildman–Crippen MR) is 134 cm³/mol. The largest absolute Gasteiger partial charge is 0.391 e. The van der Waals surface area contributed by atoms with Gasteiger partial charge in [-0.25, -0.2) is 9.67 Å². The van der Waals surface area contributed by atoms with Gasteiger partial charge in [-0.1, -0.05) is 43.3 Å². The van der Waals surface area contributed by atoms with Crippen molar-refractivity contribution >= 4 is 44.0 Å². The second kappa shape index (κ2) is 10.6. The van der Waals surface area contributed by atoms with Gasteiger partial charge >= 0.3 is 0 Å². The number of thiazole rings is 1. The van der Waals surface area contributed by atoms with Gasteiger partial charge in [0, 0.05) is 19.2 Å². The highest BCUT2D eigenvalue weighted by atomic mass is 32.1. The van der Waals surface area contributed by atoms with Crippen molar-refractivity contribution in [3.05, 3.63) is 47.2 Å². The zero-order chi connectivity index (χ0) is 25.3. The number of aliphatic hydroxyl groups excluding tert-OH is 1. The van der Waals surface area contributed by atoms with Gasteiger partial charge < -0.3 is 15.3 Å². The molecule has 2 amide bonds. The molecule has 4 rings (SSSR count). The first-order valence-electron chi connectivity index (χ1n) is 11.6. The van der Waals surface area contributed by atoms with Crippen molar-refractivity contribution in [3.63, 3.8) is 0 Å². The minimum Gasteiger partial charge on any atom is -0.391 e. The molecule has 0 bridgehead atoms. The molecule has 1 aliphatic rings. The van der Waals surface area contributed by atoms with Crippen LogP contribution in [0.2, 0.25) is 0 Å². The number of aryl methyl sites for hydroxylation is 1. The van der Waals surface area contributed by atoms with E-state index >= 15 is 0 Å². The summed E-state index contributed by atoms with van der Waals surface area (Å²) in [5, 5.41) is 21.4. The van der Waals surface area contributed by atoms with Crippen LogP contribution in [-0.2, 0) is 9.59 Å². The van der Waals surface area contributed by atoms with Crippen LogP contribution in [0.5, 0.6) is 0 Å². The molecule has 1 aliphatic heterocycles. The average Bonchev–Trinajstić information content (AvgIpc) is 3.53. The molecule has 1 fully saturated rings. The van der Waals surface area contributed by atoms with E-state index in [1.54, 1.807) is 17.5 Å². The van der Waals surface area contributed by atoms with Crippen molar-refractivity contribution < 1.29 is 14.7 Å². The molecule has 2 N–H and O–H groups in total. The fraction of sp³-hybridized carbons (Fsp3) is 0.458. The number of nitrogens with zero attached hydrogens (tertiary/aromatic N) is 5. The number of hydrogen-bond donors (Lipinski definition) is 2. The first-order valence-corrected chi connectivity index (χ1v) is 13.1. The lowest BCUT2D eigenvalue weighted by Crippen LogP contribution is -2.49. The number of hydrogen-bond acceptors (Lipinski definition) is 7. The maximum atomic E-state index is 13.5. The fourth-order valence-electron chi connectivity index (χ4n) is 4.50. The quantitative estimate of drug-likeness (QED) is 0.468. The Kier molecular flexibility index (Phi) is 7.71. The molecule has 9 nitrogen and oxygen atoms in total. The summed E-state index contributed by atoms with van der Waals surface area (Å²) in [6.07, 6.45) is 1.13. The highest BCUT2D eigenvalue weighted by molar-refractivity contribution is 7.13. The average molecular weight is 509 g/mol. The molecular weight excluding hydrogens is 479 g/mol. The Morgan fingerprint density at radius 2 is 1.94 bits per heavy atom. The lowest BCUT2D eigenvalue weighted by molar-refractivity contribution is -0.142. The van der Waals surface area contributed by atoms with Gasteiger partial charge in [-0.15, -0.1) is 11.3 Å². The lowest BCUT2D eigenvalue weighted by atomic mass is 10.0. The monoisotopic (exact) mass is 508 g/mol. The molecule has 3 heterocycles. The van der Waals surface area contributed by atoms with Gasteiger partial charge in [-0.3, -0.25) is 9.59 Å². The molecule has 3 aromatic rings. The van der Waals surface area contributed by atoms with Crippen LogP contribution >= 0.6 is 11.3 Å². The van der Waals surface area contributed by atoms with E-state index in [4.69, 9.17) is 0 Å². The lowest BCUT2D eigenvalue weighted by Gasteiger charge is -2.30. The summed E-state index contributed by atoms with van der Waals surface area (Å²) in [4.78, 5) is 33.7. The summed E-state index contributed by atoms with van der Waals surface area (Å²) in [5.74, 6) is -0.601. The smallest absolute Gasteiger partial charge is 0.248 e. The summed E-state index contributed by atoms with van der Waals surface area (Å²) in [6.45, 7) is 7.86. The summed E-state index contributed by atoms with van der Waals surface area (Å²) < 4.78 is 2.16. The Balaban J connectivity index is 1.47. The fourth-order valence-corrected chi connectivity index (χ4v) is 5.52. The number of likely N-dealkylation sites (tertiary alicyclic amines) is 1. The highest BCUT2D eigenvalue weighted by Gasteiger charge is 2.42. The third-order valence-corrected chi connectivity index (χ3v) is 7.58. The van der Waals surface area contributed by atoms with Crippen molar-refractivity contribution in [1.29, 1.82) is 0 Å². The topological polar surface area (TPSA) is 113 Å². The van der Waals surface area contributed by atoms with E-state index in [9.17, 15) is 14.7 Å². The van der Waals surface area contributed by atoms with Crippen LogP contribution in [0.25, 0.3) is 10.4 Å². The van der Waals surface area contributed by atoms with Crippen LogP contribution in [0, 0.1) is 12.8 Å². The van der Waals surface area contributed by atoms with Crippen molar-refractivity contribution in [3.8, 4) is 10.4 Å². The maximum Gasteiger partial charge on any atom is 0.248 e. The minimum atomic E-state index is -0.757. The Bertz CT molecular complexity index is 1190. The standard InChI is InChI=1S/C24H29N6O3S.Al/c1-14(2)21(30-10-9-26-28-30)24(33)29-12-19(31)11-20(29)23(32)27-15(3)17-5-7-18(8-6-17)22-16(4)25-13-34-22;/h5-8,10,13-15,19-21,31H,11-12H2,1-4H3,(H,27,32);/t15?,19-,20+,21?;/m1./s1. The van der Waals surface area contributed by atoms with Gasteiger partial charge in [0.1, 0.15) is 12.1 Å². The van der Waals surface area contributed by atoms with Crippen LogP contribution in [0.1, 0.15) is 50.5 Å². The number of nitrogens with one attached hydrogen (secondary N) is 1. The molecular formula is C24H29AlN6O3S. The summed E-state index contributed by atoms with van der Waals surface area (Å²) in [6, 6.07) is 6.41. The van der Waals surface area contributed by atoms with Gasteiger partial charge in [0.25, 0.3) is 0 Å². The number of rotatable bonds is 7. The molecule has 0 saturated carbocycles. The Morgan fingerprint density at radius 3 is 2.51 bits per heavy atom. The van der Waals surface area contributed by atoms with Crippen LogP contribution in [0.4, 0.5) is 0 Å². The van der Waals surface area contributed by atoms with Gasteiger partial charge in [-0.05, 0) is 35.4 Å². The van der Waals surface area contributed by atoms with Gasteiger partial charge in [0.2, 0.25) is 28.1 Å². The van der Waals surface area contributed by atoms with Gasteiger partial charge in [0.15, 0.2) is 0 Å². The van der Waals surface area contributed by atoms with Crippen LogP contribution < -0.4 is 9.87 Å². The second-order valence-electron chi connectivity index (χ2n) is 9.33. The Hall–Kier alpha value is -2.58. The number of amides is 2. The van der Waals surface area contributed by atoms with Crippen molar-refractivity contribution in [2.45, 2.75) is 58.3 Å². The van der Waals surface area contributed by atoms with Crippen LogP contribution in [0.3, 0.4) is 0 Å². The number of benzene rings is 1. The highest BCUT2D eigenvalue weighted by Crippen LogP contribution is 2.29. The van der Waals surface area contributed by atoms with E-state index in [1.165, 1.54) is 9.58 Å². The number of aliphatic hydroxyl groups is 1. The van der Waals surface area contributed by atoms with E-state index in [-0.39, 0.29) is 36.7 Å². The summed E-state index contributed by atoms with van der Waals surface area (Å²) in [7, 11) is 0. The number of carbonyl (C=O) groups excluding carboxylic acids is 2. The Labute approximate surface area is 217 Å². The molecule has 182 valence electrons. The maximum absolute atomic E-state index is 13.5. The van der Waals surface area contributed by atoms with E-state index in [1.807, 2.05) is 57.5 Å². The van der Waals surface area contributed by atoms with Crippen molar-refractivity contribution in [1.82, 2.24) is 30.2 Å². The molecule has 35 heavy (non-hydrogen) atoms. The van der Waals surface area contributed by atoms with E-state index < -0.39 is 18.2 Å². The SMILES string of the molecule is Cc1ncsc1-c1ccc(C(C)NC(=O)[C@@H]2C[C@@H](O)CN2C(=O)C(C(C)C)n2c[c]([Al])nn2)cc1. The molecule has 2 aromatic heterocycles. The number of β-amino-alcohol motifs (C(OH)–C–C–N with tert-alkyl or cyclic N) is 1. The van der Waals surface area contributed by atoms with E-state index in [0.717, 1.165) is 21.7 Å². The molecule has 2 unspecified atom stereocenters. The van der Waals surface area contributed by atoms with Gasteiger partial charge in [0.05, 0.1) is 28.2 Å². The molecule has 1 saturated heterocycles. The molecule has 0 spiro atoms. The second-order valence-corrected chi connectivity index (χ2v) is 10.8. The number of aromatic nitrogens is 4. The van der Waals surface area contributed by atoms with E-state index in [0.29, 0.717) is 4.56 Å². The van der Waals surface area contributed by atoms with Crippen LogP contribution in [-0.4, -0.2) is 76.8 Å². The number of carbonyl (C=O) groups is 2. The molecule has 1 aromatic carbocycles. The molecule has 4 atom stereocenters. The third kappa shape index (κ3) is 5.48. The Morgan fingerprint density at radius 1 is 1.23 bits per heavy atom. The summed E-state index contributed by atoms with van der Waals surface area (Å²) >= 11 is 4.06. The minimum absolute atomic E-state index is 0.0744. The molecule has 0 aliphatic carbocycles. The zero-order valence-corrected chi connectivity index (χ0v) is 22.2.